The predicted octanol–water partition coefficient (Wildman–Crippen LogP) is 1.54. The maximum absolute atomic E-state index is 12.3. The van der Waals surface area contributed by atoms with E-state index in [4.69, 9.17) is 16.6 Å². The molecule has 0 radical (unpaired) electrons. The summed E-state index contributed by atoms with van der Waals surface area (Å²) >= 11 is 0. The predicted molar refractivity (Wildman–Crippen MR) is 95.5 cm³/mol. The molecule has 2 rings (SSSR count). The molecule has 2 aromatic carbocycles. The van der Waals surface area contributed by atoms with E-state index in [2.05, 4.69) is 10.3 Å². The SMILES string of the molecule is NC(N)=Nc1cccc(C(=O)NCc2cccc(CCC(=O)O)c2)c1. The number of carboxylic acids is 1. The molecule has 0 saturated carbocycles. The Morgan fingerprint density at radius 2 is 1.76 bits per heavy atom. The highest BCUT2D eigenvalue weighted by molar-refractivity contribution is 5.95. The lowest BCUT2D eigenvalue weighted by Crippen LogP contribution is -2.23. The fourth-order valence-corrected chi connectivity index (χ4v) is 2.30. The fraction of sp³-hybridized carbons (Fsp3) is 0.167. The number of guanidine groups is 1. The third kappa shape index (κ3) is 5.98. The number of hydrogen-bond acceptors (Lipinski definition) is 3. The Bertz CT molecular complexity index is 798. The maximum atomic E-state index is 12.3. The summed E-state index contributed by atoms with van der Waals surface area (Å²) in [5.41, 5.74) is 13.4. The summed E-state index contributed by atoms with van der Waals surface area (Å²) in [6, 6.07) is 14.1. The molecule has 0 atom stereocenters. The lowest BCUT2D eigenvalue weighted by Gasteiger charge is -2.08. The summed E-state index contributed by atoms with van der Waals surface area (Å²) in [7, 11) is 0. The van der Waals surface area contributed by atoms with Crippen LogP contribution in [-0.2, 0) is 17.8 Å². The van der Waals surface area contributed by atoms with Gasteiger partial charge in [-0.25, -0.2) is 4.99 Å². The third-order valence-electron chi connectivity index (χ3n) is 3.44. The van der Waals surface area contributed by atoms with Gasteiger partial charge < -0.3 is 21.9 Å². The molecule has 0 saturated heterocycles. The monoisotopic (exact) mass is 340 g/mol. The van der Waals surface area contributed by atoms with Crippen LogP contribution in [0.3, 0.4) is 0 Å². The first-order valence-electron chi connectivity index (χ1n) is 7.71. The highest BCUT2D eigenvalue weighted by Gasteiger charge is 2.07. The normalized spacial score (nSPS) is 10.1. The Morgan fingerprint density at radius 1 is 1.04 bits per heavy atom. The fourth-order valence-electron chi connectivity index (χ4n) is 2.30. The number of benzene rings is 2. The number of hydrogen-bond donors (Lipinski definition) is 4. The molecule has 0 spiro atoms. The van der Waals surface area contributed by atoms with E-state index in [0.29, 0.717) is 24.2 Å². The summed E-state index contributed by atoms with van der Waals surface area (Å²) in [5, 5.41) is 11.6. The number of carbonyl (C=O) groups excluding carboxylic acids is 1. The van der Waals surface area contributed by atoms with Crippen LogP contribution in [0.4, 0.5) is 5.69 Å². The van der Waals surface area contributed by atoms with Crippen molar-refractivity contribution < 1.29 is 14.7 Å². The number of nitrogens with zero attached hydrogens (tertiary/aromatic N) is 1. The second-order valence-corrected chi connectivity index (χ2v) is 5.48. The summed E-state index contributed by atoms with van der Waals surface area (Å²) in [5.74, 6) is -1.15. The molecular weight excluding hydrogens is 320 g/mol. The van der Waals surface area contributed by atoms with Crippen LogP contribution >= 0.6 is 0 Å². The minimum absolute atomic E-state index is 0.0734. The topological polar surface area (TPSA) is 131 Å². The van der Waals surface area contributed by atoms with Gasteiger partial charge in [-0.15, -0.1) is 0 Å². The molecule has 0 heterocycles. The van der Waals surface area contributed by atoms with Gasteiger partial charge in [0.05, 0.1) is 5.69 Å². The molecule has 2 aromatic rings. The van der Waals surface area contributed by atoms with Crippen molar-refractivity contribution in [2.24, 2.45) is 16.5 Å². The first kappa shape index (κ1) is 18.0. The molecule has 7 heteroatoms. The van der Waals surface area contributed by atoms with Crippen LogP contribution in [0.15, 0.2) is 53.5 Å². The Morgan fingerprint density at radius 3 is 2.48 bits per heavy atom. The van der Waals surface area contributed by atoms with Crippen molar-refractivity contribution in [3.63, 3.8) is 0 Å². The zero-order valence-corrected chi connectivity index (χ0v) is 13.6. The van der Waals surface area contributed by atoms with Gasteiger partial charge in [0.1, 0.15) is 0 Å². The van der Waals surface area contributed by atoms with Gasteiger partial charge in [-0.1, -0.05) is 30.3 Å². The molecule has 6 N–H and O–H groups in total. The highest BCUT2D eigenvalue weighted by atomic mass is 16.4. The number of rotatable bonds is 7. The number of aliphatic carboxylic acids is 1. The van der Waals surface area contributed by atoms with Crippen molar-refractivity contribution in [3.8, 4) is 0 Å². The van der Waals surface area contributed by atoms with Crippen molar-refractivity contribution in [2.45, 2.75) is 19.4 Å². The molecule has 0 aliphatic heterocycles. The molecule has 130 valence electrons. The van der Waals surface area contributed by atoms with Crippen LogP contribution in [-0.4, -0.2) is 22.9 Å². The van der Waals surface area contributed by atoms with Gasteiger partial charge in [0.15, 0.2) is 5.96 Å². The van der Waals surface area contributed by atoms with Gasteiger partial charge in [0.2, 0.25) is 0 Å². The van der Waals surface area contributed by atoms with Crippen LogP contribution in [0.25, 0.3) is 0 Å². The van der Waals surface area contributed by atoms with Crippen molar-refractivity contribution in [2.75, 3.05) is 0 Å². The van der Waals surface area contributed by atoms with Crippen molar-refractivity contribution in [1.82, 2.24) is 5.32 Å². The highest BCUT2D eigenvalue weighted by Crippen LogP contribution is 2.14. The molecule has 0 aliphatic carbocycles. The van der Waals surface area contributed by atoms with E-state index in [-0.39, 0.29) is 18.3 Å². The Kier molecular flexibility index (Phi) is 6.11. The summed E-state index contributed by atoms with van der Waals surface area (Å²) in [6.07, 6.45) is 0.533. The van der Waals surface area contributed by atoms with Crippen LogP contribution in [0.5, 0.6) is 0 Å². The first-order chi connectivity index (χ1) is 11.9. The van der Waals surface area contributed by atoms with E-state index in [1.165, 1.54) is 0 Å². The summed E-state index contributed by atoms with van der Waals surface area (Å²) < 4.78 is 0. The lowest BCUT2D eigenvalue weighted by molar-refractivity contribution is -0.136. The number of nitrogens with one attached hydrogen (secondary N) is 1. The number of nitrogens with two attached hydrogens (primary N) is 2. The standard InChI is InChI=1S/C18H20N4O3/c19-18(20)22-15-6-2-5-14(10-15)17(25)21-11-13-4-1-3-12(9-13)7-8-16(23)24/h1-6,9-10H,7-8,11H2,(H,21,25)(H,23,24)(H4,19,20,22). The van der Waals surface area contributed by atoms with Gasteiger partial charge in [-0.3, -0.25) is 9.59 Å². The molecule has 0 unspecified atom stereocenters. The molecular formula is C18H20N4O3. The number of carbonyl (C=O) groups is 2. The maximum Gasteiger partial charge on any atom is 0.303 e. The minimum Gasteiger partial charge on any atom is -0.481 e. The zero-order chi connectivity index (χ0) is 18.2. The Hall–Kier alpha value is -3.35. The van der Waals surface area contributed by atoms with Gasteiger partial charge in [0.25, 0.3) is 5.91 Å². The van der Waals surface area contributed by atoms with E-state index in [1.54, 1.807) is 24.3 Å². The lowest BCUT2D eigenvalue weighted by atomic mass is 10.1. The van der Waals surface area contributed by atoms with Crippen molar-refractivity contribution in [1.29, 1.82) is 0 Å². The third-order valence-corrected chi connectivity index (χ3v) is 3.44. The largest absolute Gasteiger partial charge is 0.481 e. The van der Waals surface area contributed by atoms with Gasteiger partial charge in [-0.05, 0) is 35.7 Å². The zero-order valence-electron chi connectivity index (χ0n) is 13.6. The van der Waals surface area contributed by atoms with E-state index >= 15 is 0 Å². The van der Waals surface area contributed by atoms with E-state index < -0.39 is 5.97 Å². The molecule has 0 aromatic heterocycles. The van der Waals surface area contributed by atoms with E-state index in [1.807, 2.05) is 24.3 Å². The van der Waals surface area contributed by atoms with Crippen molar-refractivity contribution in [3.05, 3.63) is 65.2 Å². The first-order valence-corrected chi connectivity index (χ1v) is 7.71. The second-order valence-electron chi connectivity index (χ2n) is 5.48. The van der Waals surface area contributed by atoms with Gasteiger partial charge >= 0.3 is 5.97 Å². The number of aliphatic imine (C=N–C) groups is 1. The van der Waals surface area contributed by atoms with Crippen molar-refractivity contribution >= 4 is 23.5 Å². The number of aryl methyl sites for hydroxylation is 1. The molecule has 25 heavy (non-hydrogen) atoms. The van der Waals surface area contributed by atoms with E-state index in [9.17, 15) is 9.59 Å². The quantitative estimate of drug-likeness (QED) is 0.448. The molecule has 0 bridgehead atoms. The minimum atomic E-state index is -0.834. The smallest absolute Gasteiger partial charge is 0.303 e. The van der Waals surface area contributed by atoms with Crippen LogP contribution in [0.1, 0.15) is 27.9 Å². The van der Waals surface area contributed by atoms with E-state index in [0.717, 1.165) is 11.1 Å². The molecule has 7 nitrogen and oxygen atoms in total. The van der Waals surface area contributed by atoms with Gasteiger partial charge in [0, 0.05) is 18.5 Å². The molecule has 1 amide bonds. The average molecular weight is 340 g/mol. The number of amides is 1. The van der Waals surface area contributed by atoms with Crippen LogP contribution in [0, 0.1) is 0 Å². The Labute approximate surface area is 145 Å². The summed E-state index contributed by atoms with van der Waals surface area (Å²) in [6.45, 7) is 0.340. The van der Waals surface area contributed by atoms with Gasteiger partial charge in [-0.2, -0.15) is 0 Å². The summed E-state index contributed by atoms with van der Waals surface area (Å²) in [4.78, 5) is 26.8. The second kappa shape index (κ2) is 8.49. The Balaban J connectivity index is 1.99. The molecule has 0 aliphatic rings. The van der Waals surface area contributed by atoms with Crippen LogP contribution in [0.2, 0.25) is 0 Å². The molecule has 0 fully saturated rings. The van der Waals surface area contributed by atoms with Crippen LogP contribution < -0.4 is 16.8 Å². The number of carboxylic acid groups (broad SMARTS) is 1. The average Bonchev–Trinajstić information content (AvgIpc) is 2.58.